The number of hydrogen-bond acceptors (Lipinski definition) is 7. The van der Waals surface area contributed by atoms with Crippen molar-refractivity contribution in [2.24, 2.45) is 5.92 Å². The van der Waals surface area contributed by atoms with Crippen LogP contribution in [0.5, 0.6) is 0 Å². The molecule has 32 heavy (non-hydrogen) atoms. The molecule has 1 aromatic heterocycles. The molecule has 1 fully saturated rings. The summed E-state index contributed by atoms with van der Waals surface area (Å²) in [4.78, 5) is 25.9. The van der Waals surface area contributed by atoms with Crippen LogP contribution >= 0.6 is 23.1 Å². The van der Waals surface area contributed by atoms with Crippen LogP contribution in [0, 0.1) is 5.92 Å². The molecule has 0 spiro atoms. The molecule has 180 valence electrons. The standard InChI is InChI=1S/C21H33N3O5S3/c1-21(2,3)32(28,29)24-13-10-8-12(9-11-13)18(26)22-23-19(27)17-14-6-5-7-15(25)16(14)20(30-4)31-17/h12-13,15,24-25H,5-11H2,1-4H3,(H,22,26)(H,23,27). The van der Waals surface area contributed by atoms with Crippen molar-refractivity contribution in [2.45, 2.75) is 86.8 Å². The van der Waals surface area contributed by atoms with Gasteiger partial charge in [-0.05, 0) is 77.5 Å². The van der Waals surface area contributed by atoms with Gasteiger partial charge in [0.05, 0.1) is 19.9 Å². The minimum absolute atomic E-state index is 0.174. The number of thioether (sulfide) groups is 1. The molecule has 8 nitrogen and oxygen atoms in total. The van der Waals surface area contributed by atoms with E-state index in [1.165, 1.54) is 23.1 Å². The second-order valence-electron chi connectivity index (χ2n) is 9.45. The molecule has 1 heterocycles. The summed E-state index contributed by atoms with van der Waals surface area (Å²) in [5.74, 6) is -0.891. The van der Waals surface area contributed by atoms with Crippen LogP contribution in [0.2, 0.25) is 0 Å². The number of sulfonamides is 1. The van der Waals surface area contributed by atoms with E-state index in [0.717, 1.165) is 28.2 Å². The number of aliphatic hydroxyl groups excluding tert-OH is 1. The van der Waals surface area contributed by atoms with Crippen LogP contribution in [0.3, 0.4) is 0 Å². The third-order valence-electron chi connectivity index (χ3n) is 6.17. The molecule has 1 atom stereocenters. The normalized spacial score (nSPS) is 24.0. The quantitative estimate of drug-likeness (QED) is 0.362. The summed E-state index contributed by atoms with van der Waals surface area (Å²) in [5, 5.41) is 10.3. The number of nitrogens with one attached hydrogen (secondary N) is 3. The first-order valence-electron chi connectivity index (χ1n) is 10.9. The molecular weight excluding hydrogens is 470 g/mol. The van der Waals surface area contributed by atoms with Gasteiger partial charge in [0.15, 0.2) is 0 Å². The number of aliphatic hydroxyl groups is 1. The molecule has 2 aliphatic rings. The van der Waals surface area contributed by atoms with E-state index in [1.54, 1.807) is 20.8 Å². The first kappa shape index (κ1) is 25.5. The predicted molar refractivity (Wildman–Crippen MR) is 127 cm³/mol. The largest absolute Gasteiger partial charge is 0.388 e. The van der Waals surface area contributed by atoms with Gasteiger partial charge >= 0.3 is 0 Å². The van der Waals surface area contributed by atoms with E-state index in [9.17, 15) is 23.1 Å². The summed E-state index contributed by atoms with van der Waals surface area (Å²) in [6, 6.07) is -0.174. The third kappa shape index (κ3) is 5.49. The highest BCUT2D eigenvalue weighted by Crippen LogP contribution is 2.43. The Balaban J connectivity index is 1.54. The number of hydrogen-bond donors (Lipinski definition) is 4. The maximum Gasteiger partial charge on any atom is 0.280 e. The summed E-state index contributed by atoms with van der Waals surface area (Å²) in [6.45, 7) is 4.97. The maximum atomic E-state index is 12.8. The van der Waals surface area contributed by atoms with E-state index >= 15 is 0 Å². The molecule has 0 bridgehead atoms. The van der Waals surface area contributed by atoms with Gasteiger partial charge in [-0.15, -0.1) is 23.1 Å². The van der Waals surface area contributed by atoms with Crippen molar-refractivity contribution < 1.29 is 23.1 Å². The lowest BCUT2D eigenvalue weighted by atomic mass is 9.86. The molecule has 11 heteroatoms. The fourth-order valence-electron chi connectivity index (χ4n) is 4.14. The summed E-state index contributed by atoms with van der Waals surface area (Å²) >= 11 is 2.88. The van der Waals surface area contributed by atoms with E-state index in [-0.39, 0.29) is 23.8 Å². The Bertz CT molecular complexity index is 960. The van der Waals surface area contributed by atoms with Crippen molar-refractivity contribution in [3.05, 3.63) is 16.0 Å². The van der Waals surface area contributed by atoms with Crippen LogP contribution in [-0.4, -0.2) is 42.4 Å². The summed E-state index contributed by atoms with van der Waals surface area (Å²) in [5.41, 5.74) is 6.83. The van der Waals surface area contributed by atoms with Crippen molar-refractivity contribution >= 4 is 44.9 Å². The topological polar surface area (TPSA) is 125 Å². The van der Waals surface area contributed by atoms with Crippen molar-refractivity contribution in [1.82, 2.24) is 15.6 Å². The van der Waals surface area contributed by atoms with E-state index in [4.69, 9.17) is 0 Å². The molecule has 0 radical (unpaired) electrons. The molecule has 2 aliphatic carbocycles. The smallest absolute Gasteiger partial charge is 0.280 e. The molecule has 0 saturated heterocycles. The summed E-state index contributed by atoms with van der Waals surface area (Å²) in [6.07, 6.45) is 5.91. The number of thiophene rings is 1. The van der Waals surface area contributed by atoms with Crippen molar-refractivity contribution in [2.75, 3.05) is 6.26 Å². The van der Waals surface area contributed by atoms with E-state index in [1.807, 2.05) is 6.26 Å². The van der Waals surface area contributed by atoms with E-state index in [0.29, 0.717) is 37.0 Å². The Hall–Kier alpha value is -1.14. The Morgan fingerprint density at radius 3 is 2.34 bits per heavy atom. The first-order valence-corrected chi connectivity index (χ1v) is 14.5. The van der Waals surface area contributed by atoms with Crippen molar-refractivity contribution in [3.63, 3.8) is 0 Å². The average molecular weight is 504 g/mol. The van der Waals surface area contributed by atoms with E-state index in [2.05, 4.69) is 15.6 Å². The molecule has 1 aromatic rings. The molecule has 3 rings (SSSR count). The second kappa shape index (κ2) is 10.0. The monoisotopic (exact) mass is 503 g/mol. The zero-order chi connectivity index (χ0) is 23.7. The van der Waals surface area contributed by atoms with Gasteiger partial charge in [0.25, 0.3) is 5.91 Å². The van der Waals surface area contributed by atoms with Gasteiger partial charge in [0.2, 0.25) is 15.9 Å². The lowest BCUT2D eigenvalue weighted by molar-refractivity contribution is -0.126. The van der Waals surface area contributed by atoms with Gasteiger partial charge in [0, 0.05) is 17.5 Å². The Morgan fingerprint density at radius 2 is 1.75 bits per heavy atom. The van der Waals surface area contributed by atoms with Crippen LogP contribution < -0.4 is 15.6 Å². The zero-order valence-corrected chi connectivity index (χ0v) is 21.4. The molecule has 1 unspecified atom stereocenters. The van der Waals surface area contributed by atoms with Crippen LogP contribution in [0.15, 0.2) is 4.21 Å². The Kier molecular flexibility index (Phi) is 7.97. The van der Waals surface area contributed by atoms with Crippen LogP contribution in [-0.2, 0) is 21.2 Å². The number of carbonyl (C=O) groups excluding carboxylic acids is 2. The molecule has 0 aliphatic heterocycles. The number of hydrazine groups is 1. The van der Waals surface area contributed by atoms with E-state index < -0.39 is 20.9 Å². The average Bonchev–Trinajstić information content (AvgIpc) is 3.11. The second-order valence-corrected chi connectivity index (χ2v) is 14.0. The lowest BCUT2D eigenvalue weighted by Crippen LogP contribution is -2.48. The molecule has 0 aromatic carbocycles. The molecule has 4 N–H and O–H groups in total. The molecular formula is C21H33N3O5S3. The number of fused-ring (bicyclic) bond motifs is 1. The first-order chi connectivity index (χ1) is 14.9. The SMILES string of the molecule is CSc1sc(C(=O)NNC(=O)C2CCC(NS(=O)(=O)C(C)(C)C)CC2)c2c1C(O)CCC2. The Morgan fingerprint density at radius 1 is 1.09 bits per heavy atom. The number of carbonyl (C=O) groups is 2. The highest BCUT2D eigenvalue weighted by atomic mass is 32.2. The van der Waals surface area contributed by atoms with Crippen LogP contribution in [0.25, 0.3) is 0 Å². The zero-order valence-electron chi connectivity index (χ0n) is 19.0. The van der Waals surface area contributed by atoms with Crippen molar-refractivity contribution in [3.8, 4) is 0 Å². The lowest BCUT2D eigenvalue weighted by Gasteiger charge is -2.30. The highest BCUT2D eigenvalue weighted by Gasteiger charge is 2.34. The van der Waals surface area contributed by atoms with Gasteiger partial charge in [0.1, 0.15) is 0 Å². The van der Waals surface area contributed by atoms with Gasteiger partial charge in [-0.1, -0.05) is 0 Å². The van der Waals surface area contributed by atoms with Gasteiger partial charge in [-0.2, -0.15) is 0 Å². The highest BCUT2D eigenvalue weighted by molar-refractivity contribution is 8.00. The summed E-state index contributed by atoms with van der Waals surface area (Å²) in [7, 11) is -3.43. The molecule has 2 amide bonds. The van der Waals surface area contributed by atoms with Gasteiger partial charge < -0.3 is 5.11 Å². The predicted octanol–water partition coefficient (Wildman–Crippen LogP) is 2.88. The van der Waals surface area contributed by atoms with Gasteiger partial charge in [-0.3, -0.25) is 20.4 Å². The molecule has 1 saturated carbocycles. The summed E-state index contributed by atoms with van der Waals surface area (Å²) < 4.78 is 27.5. The van der Waals surface area contributed by atoms with Gasteiger partial charge in [-0.25, -0.2) is 13.1 Å². The van der Waals surface area contributed by atoms with Crippen LogP contribution in [0.4, 0.5) is 0 Å². The van der Waals surface area contributed by atoms with Crippen molar-refractivity contribution in [1.29, 1.82) is 0 Å². The fourth-order valence-corrected chi connectivity index (χ4v) is 7.26. The number of amides is 2. The minimum atomic E-state index is -3.43. The Labute approximate surface area is 198 Å². The third-order valence-corrected chi connectivity index (χ3v) is 10.8. The fraction of sp³-hybridized carbons (Fsp3) is 0.714. The minimum Gasteiger partial charge on any atom is -0.388 e. The number of rotatable bonds is 5. The maximum absolute atomic E-state index is 12.8. The van der Waals surface area contributed by atoms with Crippen LogP contribution in [0.1, 0.15) is 86.2 Å².